The number of hydrogen-bond donors (Lipinski definition) is 0. The molecule has 0 aliphatic heterocycles. The van der Waals surface area contributed by atoms with Gasteiger partial charge in [0.1, 0.15) is 0 Å². The van der Waals surface area contributed by atoms with Crippen molar-refractivity contribution in [3.63, 3.8) is 0 Å². The van der Waals surface area contributed by atoms with Gasteiger partial charge in [0.2, 0.25) is 0 Å². The highest BCUT2D eigenvalue weighted by Crippen LogP contribution is 2.43. The van der Waals surface area contributed by atoms with E-state index >= 15 is 0 Å². The fourth-order valence-electron chi connectivity index (χ4n) is 9.48. The van der Waals surface area contributed by atoms with Gasteiger partial charge in [-0.15, -0.1) is 0 Å². The van der Waals surface area contributed by atoms with Crippen LogP contribution in [0.4, 0.5) is 17.1 Å². The third-order valence-electron chi connectivity index (χ3n) is 12.6. The second-order valence-electron chi connectivity index (χ2n) is 16.2. The molecule has 0 unspecified atom stereocenters. The number of nitrogens with zero attached hydrogens (tertiary/aromatic N) is 2. The van der Waals surface area contributed by atoms with Crippen molar-refractivity contribution in [2.75, 3.05) is 4.90 Å². The molecule has 0 amide bonds. The van der Waals surface area contributed by atoms with Gasteiger partial charge in [-0.25, -0.2) is 0 Å². The highest BCUT2D eigenvalue weighted by atomic mass is 15.1. The zero-order valence-corrected chi connectivity index (χ0v) is 34.0. The van der Waals surface area contributed by atoms with Crippen LogP contribution in [0, 0.1) is 0 Å². The summed E-state index contributed by atoms with van der Waals surface area (Å²) >= 11 is 0. The van der Waals surface area contributed by atoms with Gasteiger partial charge in [-0.3, -0.25) is 0 Å². The van der Waals surface area contributed by atoms with E-state index in [1.54, 1.807) is 0 Å². The first-order valence-corrected chi connectivity index (χ1v) is 21.3. The normalized spacial score (nSPS) is 11.5. The summed E-state index contributed by atoms with van der Waals surface area (Å²) in [6.07, 6.45) is 0. The standard InChI is InChI=1S/C60H40N2/c1-2-12-41(13-3-1)43-22-24-44(25-23-43)45-26-32-50(33-27-45)61(60-40-49-16-6-7-17-53(49)54-18-8-9-19-55(54)60)51-34-28-46(29-35-51)48-31-37-59-57(39-48)56-20-10-11-21-58(56)62(59)52-36-30-42-14-4-5-15-47(42)38-52/h1-40H. The summed E-state index contributed by atoms with van der Waals surface area (Å²) < 4.78 is 2.40. The molecule has 1 heterocycles. The van der Waals surface area contributed by atoms with Gasteiger partial charge in [-0.2, -0.15) is 0 Å². The number of anilines is 3. The first-order valence-electron chi connectivity index (χ1n) is 21.3. The van der Waals surface area contributed by atoms with E-state index in [0.29, 0.717) is 0 Å². The zero-order chi connectivity index (χ0) is 41.0. The maximum Gasteiger partial charge on any atom is 0.0546 e. The molecule has 0 radical (unpaired) electrons. The molecule has 0 saturated carbocycles. The van der Waals surface area contributed by atoms with Crippen LogP contribution in [-0.2, 0) is 0 Å². The lowest BCUT2D eigenvalue weighted by Crippen LogP contribution is -2.10. The van der Waals surface area contributed by atoms with Crippen molar-refractivity contribution in [3.8, 4) is 39.1 Å². The number of fused-ring (bicyclic) bond motifs is 7. The van der Waals surface area contributed by atoms with Crippen LogP contribution in [0.5, 0.6) is 0 Å². The van der Waals surface area contributed by atoms with Crippen molar-refractivity contribution in [2.24, 2.45) is 0 Å². The van der Waals surface area contributed by atoms with Gasteiger partial charge in [0.15, 0.2) is 0 Å². The maximum atomic E-state index is 2.42. The van der Waals surface area contributed by atoms with Crippen LogP contribution in [-0.4, -0.2) is 4.57 Å². The second kappa shape index (κ2) is 14.8. The fourth-order valence-corrected chi connectivity index (χ4v) is 9.48. The molecule has 2 heteroatoms. The van der Waals surface area contributed by atoms with Crippen molar-refractivity contribution < 1.29 is 0 Å². The third kappa shape index (κ3) is 6.12. The van der Waals surface area contributed by atoms with E-state index in [1.165, 1.54) is 93.2 Å². The first-order chi connectivity index (χ1) is 30.7. The quantitative estimate of drug-likeness (QED) is 0.146. The number of benzene rings is 11. The van der Waals surface area contributed by atoms with Gasteiger partial charge in [0.25, 0.3) is 0 Å². The van der Waals surface area contributed by atoms with Crippen LogP contribution in [0.2, 0.25) is 0 Å². The van der Waals surface area contributed by atoms with E-state index in [4.69, 9.17) is 0 Å². The van der Waals surface area contributed by atoms with Crippen LogP contribution >= 0.6 is 0 Å². The molecule has 0 spiro atoms. The van der Waals surface area contributed by atoms with Crippen LogP contribution < -0.4 is 4.90 Å². The Hall–Kier alpha value is -8.20. The molecule has 0 aliphatic carbocycles. The lowest BCUT2D eigenvalue weighted by Gasteiger charge is -2.28. The minimum Gasteiger partial charge on any atom is -0.310 e. The van der Waals surface area contributed by atoms with E-state index in [9.17, 15) is 0 Å². The molecule has 1 aromatic heterocycles. The number of para-hydroxylation sites is 1. The molecular weight excluding hydrogens is 749 g/mol. The average Bonchev–Trinajstić information content (AvgIpc) is 3.68. The molecule has 2 nitrogen and oxygen atoms in total. The molecule has 12 aromatic rings. The smallest absolute Gasteiger partial charge is 0.0546 e. The van der Waals surface area contributed by atoms with Crippen molar-refractivity contribution in [3.05, 3.63) is 243 Å². The van der Waals surface area contributed by atoms with Gasteiger partial charge < -0.3 is 9.47 Å². The Morgan fingerprint density at radius 2 is 0.742 bits per heavy atom. The molecule has 0 aliphatic rings. The Morgan fingerprint density at radius 3 is 1.44 bits per heavy atom. The van der Waals surface area contributed by atoms with Gasteiger partial charge in [0.05, 0.1) is 16.7 Å². The van der Waals surface area contributed by atoms with Crippen LogP contribution in [0.15, 0.2) is 243 Å². The van der Waals surface area contributed by atoms with Crippen LogP contribution in [0.3, 0.4) is 0 Å². The summed E-state index contributed by atoms with van der Waals surface area (Å²) in [5.74, 6) is 0. The Bertz CT molecular complexity index is 3600. The fraction of sp³-hybridized carbons (Fsp3) is 0. The lowest BCUT2D eigenvalue weighted by atomic mass is 9.98. The molecule has 11 aromatic carbocycles. The van der Waals surface area contributed by atoms with E-state index < -0.39 is 0 Å². The van der Waals surface area contributed by atoms with Gasteiger partial charge >= 0.3 is 0 Å². The zero-order valence-electron chi connectivity index (χ0n) is 34.0. The Balaban J connectivity index is 0.951. The molecule has 0 fully saturated rings. The number of rotatable bonds is 7. The first kappa shape index (κ1) is 35.7. The van der Waals surface area contributed by atoms with E-state index in [2.05, 4.69) is 252 Å². The topological polar surface area (TPSA) is 8.17 Å². The minimum absolute atomic E-state index is 1.10. The van der Waals surface area contributed by atoms with Gasteiger partial charge in [0, 0.05) is 33.2 Å². The summed E-state index contributed by atoms with van der Waals surface area (Å²) in [5.41, 5.74) is 14.1. The Labute approximate surface area is 360 Å². The monoisotopic (exact) mass is 788 g/mol. The van der Waals surface area contributed by atoms with Crippen molar-refractivity contribution in [2.45, 2.75) is 0 Å². The average molecular weight is 789 g/mol. The molecular formula is C60H40N2. The highest BCUT2D eigenvalue weighted by molar-refractivity contribution is 6.15. The third-order valence-corrected chi connectivity index (χ3v) is 12.6. The SMILES string of the molecule is c1ccc(-c2ccc(-c3ccc(N(c4ccc(-c5ccc6c(c5)c5ccccc5n6-c5ccc6ccccc6c5)cc4)c4cc5ccccc5c5ccccc45)cc3)cc2)cc1. The number of aromatic nitrogens is 1. The molecule has 0 atom stereocenters. The Kier molecular flexibility index (Phi) is 8.53. The highest BCUT2D eigenvalue weighted by Gasteiger charge is 2.19. The van der Waals surface area contributed by atoms with Crippen molar-refractivity contribution in [1.29, 1.82) is 0 Å². The summed E-state index contributed by atoms with van der Waals surface area (Å²) in [6.45, 7) is 0. The van der Waals surface area contributed by atoms with Crippen molar-refractivity contribution in [1.82, 2.24) is 4.57 Å². The largest absolute Gasteiger partial charge is 0.310 e. The molecule has 12 rings (SSSR count). The predicted molar refractivity (Wildman–Crippen MR) is 264 cm³/mol. The molecule has 0 saturated heterocycles. The van der Waals surface area contributed by atoms with E-state index in [1.807, 2.05) is 0 Å². The summed E-state index contributed by atoms with van der Waals surface area (Å²) in [7, 11) is 0. The maximum absolute atomic E-state index is 2.42. The second-order valence-corrected chi connectivity index (χ2v) is 16.2. The molecule has 0 bridgehead atoms. The van der Waals surface area contributed by atoms with Crippen molar-refractivity contribution >= 4 is 71.2 Å². The summed E-state index contributed by atoms with van der Waals surface area (Å²) in [5, 5.41) is 9.91. The van der Waals surface area contributed by atoms with E-state index in [-0.39, 0.29) is 0 Å². The lowest BCUT2D eigenvalue weighted by molar-refractivity contribution is 1.19. The van der Waals surface area contributed by atoms with E-state index in [0.717, 1.165) is 17.1 Å². The summed E-state index contributed by atoms with van der Waals surface area (Å²) in [6, 6.07) is 88.5. The summed E-state index contributed by atoms with van der Waals surface area (Å²) in [4.78, 5) is 2.42. The molecule has 62 heavy (non-hydrogen) atoms. The number of hydrogen-bond acceptors (Lipinski definition) is 1. The Morgan fingerprint density at radius 1 is 0.258 bits per heavy atom. The molecule has 0 N–H and O–H groups in total. The minimum atomic E-state index is 1.10. The molecule has 290 valence electrons. The van der Waals surface area contributed by atoms with Crippen LogP contribution in [0.25, 0.3) is 93.2 Å². The van der Waals surface area contributed by atoms with Crippen LogP contribution in [0.1, 0.15) is 0 Å². The predicted octanol–water partition coefficient (Wildman–Crippen LogP) is 16.7. The van der Waals surface area contributed by atoms with Gasteiger partial charge in [-0.05, 0) is 121 Å². The van der Waals surface area contributed by atoms with Gasteiger partial charge in [-0.1, -0.05) is 182 Å².